The molecule has 68 valence electrons. The molecule has 1 rings (SSSR count). The third-order valence-corrected chi connectivity index (χ3v) is 1.88. The van der Waals surface area contributed by atoms with Crippen molar-refractivity contribution in [2.75, 3.05) is 18.0 Å². The molecule has 0 amide bonds. The summed E-state index contributed by atoms with van der Waals surface area (Å²) in [5, 5.41) is 0. The Labute approximate surface area is 80.8 Å². The molecule has 0 bridgehead atoms. The Morgan fingerprint density at radius 1 is 1.00 bits per heavy atom. The van der Waals surface area contributed by atoms with Crippen LogP contribution in [-0.4, -0.2) is 13.1 Å². The Hall–Kier alpha value is -0.690. The molecule has 1 aromatic carbocycles. The maximum Gasteiger partial charge on any atom is 0.0365 e. The molecule has 0 spiro atoms. The zero-order valence-electron chi connectivity index (χ0n) is 7.63. The molecular formula is C10H15ClN-. The molecule has 0 heterocycles. The van der Waals surface area contributed by atoms with Gasteiger partial charge in [-0.25, -0.2) is 0 Å². The Bertz CT molecular complexity index is 194. The van der Waals surface area contributed by atoms with E-state index in [0.717, 1.165) is 13.1 Å². The maximum absolute atomic E-state index is 2.33. The number of rotatable bonds is 3. The Morgan fingerprint density at radius 2 is 1.50 bits per heavy atom. The van der Waals surface area contributed by atoms with Crippen molar-refractivity contribution in [3.05, 3.63) is 30.3 Å². The lowest BCUT2D eigenvalue weighted by atomic mass is 10.3. The summed E-state index contributed by atoms with van der Waals surface area (Å²) >= 11 is 0. The van der Waals surface area contributed by atoms with Crippen LogP contribution in [0, 0.1) is 0 Å². The molecule has 0 fully saturated rings. The highest BCUT2D eigenvalue weighted by Gasteiger charge is 1.97. The summed E-state index contributed by atoms with van der Waals surface area (Å²) in [6.07, 6.45) is 0. The lowest BCUT2D eigenvalue weighted by Crippen LogP contribution is -3.00. The summed E-state index contributed by atoms with van der Waals surface area (Å²) in [7, 11) is 0. The topological polar surface area (TPSA) is 3.24 Å². The van der Waals surface area contributed by atoms with Gasteiger partial charge in [0.2, 0.25) is 0 Å². The molecule has 0 aromatic heterocycles. The predicted octanol–water partition coefficient (Wildman–Crippen LogP) is -0.463. The monoisotopic (exact) mass is 184 g/mol. The van der Waals surface area contributed by atoms with Gasteiger partial charge >= 0.3 is 0 Å². The molecule has 0 N–H and O–H groups in total. The van der Waals surface area contributed by atoms with Crippen molar-refractivity contribution in [2.24, 2.45) is 0 Å². The lowest BCUT2D eigenvalue weighted by Gasteiger charge is -2.20. The summed E-state index contributed by atoms with van der Waals surface area (Å²) in [6, 6.07) is 10.5. The molecule has 12 heavy (non-hydrogen) atoms. The number of para-hydroxylation sites is 1. The minimum absolute atomic E-state index is 0. The minimum Gasteiger partial charge on any atom is -1.00 e. The summed E-state index contributed by atoms with van der Waals surface area (Å²) < 4.78 is 0. The molecule has 0 saturated carbocycles. The number of hydrogen-bond donors (Lipinski definition) is 0. The average Bonchev–Trinajstić information content (AvgIpc) is 2.09. The normalized spacial score (nSPS) is 8.83. The number of anilines is 1. The molecule has 0 aliphatic carbocycles. The van der Waals surface area contributed by atoms with Crippen LogP contribution >= 0.6 is 0 Å². The van der Waals surface area contributed by atoms with Crippen LogP contribution in [0.25, 0.3) is 0 Å². The quantitative estimate of drug-likeness (QED) is 0.615. The summed E-state index contributed by atoms with van der Waals surface area (Å²) in [6.45, 7) is 6.52. The van der Waals surface area contributed by atoms with Gasteiger partial charge in [-0.15, -0.1) is 0 Å². The average molecular weight is 185 g/mol. The van der Waals surface area contributed by atoms with Crippen LogP contribution in [0.5, 0.6) is 0 Å². The van der Waals surface area contributed by atoms with E-state index in [2.05, 4.69) is 43.0 Å². The smallest absolute Gasteiger partial charge is 0.0365 e. The Morgan fingerprint density at radius 3 is 1.92 bits per heavy atom. The van der Waals surface area contributed by atoms with E-state index in [1.165, 1.54) is 5.69 Å². The second kappa shape index (κ2) is 5.90. The molecular weight excluding hydrogens is 170 g/mol. The molecule has 1 nitrogen and oxygen atoms in total. The van der Waals surface area contributed by atoms with Crippen LogP contribution in [0.1, 0.15) is 13.8 Å². The summed E-state index contributed by atoms with van der Waals surface area (Å²) in [4.78, 5) is 2.33. The fourth-order valence-corrected chi connectivity index (χ4v) is 1.23. The van der Waals surface area contributed by atoms with E-state index in [4.69, 9.17) is 0 Å². The van der Waals surface area contributed by atoms with Crippen LogP contribution in [0.15, 0.2) is 30.3 Å². The molecule has 0 saturated heterocycles. The standard InChI is InChI=1S/C10H15N.ClH/c1-3-11(4-2)10-8-6-5-7-9-10;/h5-9H,3-4H2,1-2H3;1H/p-1. The van der Waals surface area contributed by atoms with Gasteiger partial charge in [-0.05, 0) is 26.0 Å². The third kappa shape index (κ3) is 2.74. The third-order valence-electron chi connectivity index (χ3n) is 1.88. The Balaban J connectivity index is 0.00000121. The second-order valence-electron chi connectivity index (χ2n) is 2.51. The highest BCUT2D eigenvalue weighted by Crippen LogP contribution is 2.11. The highest BCUT2D eigenvalue weighted by molar-refractivity contribution is 5.45. The molecule has 0 atom stereocenters. The van der Waals surface area contributed by atoms with E-state index in [1.807, 2.05) is 6.07 Å². The van der Waals surface area contributed by atoms with Crippen molar-refractivity contribution < 1.29 is 12.4 Å². The molecule has 2 heteroatoms. The van der Waals surface area contributed by atoms with E-state index in [0.29, 0.717) is 0 Å². The van der Waals surface area contributed by atoms with Crippen molar-refractivity contribution in [1.82, 2.24) is 0 Å². The van der Waals surface area contributed by atoms with E-state index >= 15 is 0 Å². The van der Waals surface area contributed by atoms with Gasteiger partial charge in [0.1, 0.15) is 0 Å². The largest absolute Gasteiger partial charge is 1.00 e. The van der Waals surface area contributed by atoms with Crippen molar-refractivity contribution in [3.63, 3.8) is 0 Å². The Kier molecular flexibility index (Phi) is 5.56. The molecule has 1 aromatic rings. The van der Waals surface area contributed by atoms with Gasteiger partial charge in [0.05, 0.1) is 0 Å². The van der Waals surface area contributed by atoms with Gasteiger partial charge < -0.3 is 17.3 Å². The van der Waals surface area contributed by atoms with Crippen LogP contribution in [-0.2, 0) is 0 Å². The summed E-state index contributed by atoms with van der Waals surface area (Å²) in [5.74, 6) is 0. The van der Waals surface area contributed by atoms with E-state index in [-0.39, 0.29) is 12.4 Å². The predicted molar refractivity (Wildman–Crippen MR) is 50.0 cm³/mol. The second-order valence-corrected chi connectivity index (χ2v) is 2.51. The number of nitrogens with zero attached hydrogens (tertiary/aromatic N) is 1. The zero-order chi connectivity index (χ0) is 8.10. The van der Waals surface area contributed by atoms with Gasteiger partial charge in [0.25, 0.3) is 0 Å². The number of benzene rings is 1. The van der Waals surface area contributed by atoms with Crippen molar-refractivity contribution in [3.8, 4) is 0 Å². The van der Waals surface area contributed by atoms with Crippen molar-refractivity contribution in [2.45, 2.75) is 13.8 Å². The fraction of sp³-hybridized carbons (Fsp3) is 0.400. The first-order valence-corrected chi connectivity index (χ1v) is 4.18. The molecule has 0 unspecified atom stereocenters. The number of halogens is 1. The van der Waals surface area contributed by atoms with E-state index in [9.17, 15) is 0 Å². The van der Waals surface area contributed by atoms with Gasteiger partial charge in [0.15, 0.2) is 0 Å². The lowest BCUT2D eigenvalue weighted by molar-refractivity contribution is -0.00000235. The first kappa shape index (κ1) is 11.3. The summed E-state index contributed by atoms with van der Waals surface area (Å²) in [5.41, 5.74) is 1.32. The van der Waals surface area contributed by atoms with E-state index in [1.54, 1.807) is 0 Å². The van der Waals surface area contributed by atoms with Crippen LogP contribution in [0.4, 0.5) is 5.69 Å². The van der Waals surface area contributed by atoms with Gasteiger partial charge in [-0.1, -0.05) is 18.2 Å². The highest BCUT2D eigenvalue weighted by atomic mass is 35.5. The molecule has 0 radical (unpaired) electrons. The van der Waals surface area contributed by atoms with Crippen LogP contribution in [0.2, 0.25) is 0 Å². The van der Waals surface area contributed by atoms with Gasteiger partial charge in [-0.3, -0.25) is 0 Å². The molecule has 0 aliphatic heterocycles. The molecule has 0 aliphatic rings. The SMILES string of the molecule is CCN(CC)c1ccccc1.[Cl-]. The first-order chi connectivity index (χ1) is 5.38. The van der Waals surface area contributed by atoms with Crippen LogP contribution < -0.4 is 17.3 Å². The first-order valence-electron chi connectivity index (χ1n) is 4.18. The van der Waals surface area contributed by atoms with Crippen LogP contribution in [0.3, 0.4) is 0 Å². The minimum atomic E-state index is 0. The maximum atomic E-state index is 2.33. The van der Waals surface area contributed by atoms with Crippen molar-refractivity contribution >= 4 is 5.69 Å². The fourth-order valence-electron chi connectivity index (χ4n) is 1.23. The van der Waals surface area contributed by atoms with Gasteiger partial charge in [0, 0.05) is 18.8 Å². The van der Waals surface area contributed by atoms with Gasteiger partial charge in [-0.2, -0.15) is 0 Å². The van der Waals surface area contributed by atoms with Crippen molar-refractivity contribution in [1.29, 1.82) is 0 Å². The number of hydrogen-bond acceptors (Lipinski definition) is 1. The van der Waals surface area contributed by atoms with E-state index < -0.39 is 0 Å². The zero-order valence-corrected chi connectivity index (χ0v) is 8.38.